The number of fused-ring (bicyclic) bond motifs is 1. The largest absolute Gasteiger partial charge is 0.488 e. The van der Waals surface area contributed by atoms with E-state index in [4.69, 9.17) is 21.4 Å². The highest BCUT2D eigenvalue weighted by Crippen LogP contribution is 2.37. The van der Waals surface area contributed by atoms with Gasteiger partial charge >= 0.3 is 5.97 Å². The van der Waals surface area contributed by atoms with Crippen LogP contribution in [0.25, 0.3) is 10.9 Å². The minimum atomic E-state index is -3.85. The maximum Gasteiger partial charge on any atom is 0.305 e. The molecule has 1 aliphatic rings. The Kier molecular flexibility index (Phi) is 7.40. The summed E-state index contributed by atoms with van der Waals surface area (Å²) >= 11 is 6.24. The first-order valence-corrected chi connectivity index (χ1v) is 13.3. The quantitative estimate of drug-likeness (QED) is 0.435. The predicted octanol–water partition coefficient (Wildman–Crippen LogP) is 5.26. The van der Waals surface area contributed by atoms with Crippen molar-refractivity contribution in [2.45, 2.75) is 56.6 Å². The first-order valence-electron chi connectivity index (χ1n) is 11.5. The Labute approximate surface area is 209 Å². The molecule has 188 valence electrons. The Morgan fingerprint density at radius 1 is 1.20 bits per heavy atom. The molecule has 7 nitrogen and oxygen atoms in total. The first-order chi connectivity index (χ1) is 16.6. The number of carbonyl (C=O) groups is 1. The third kappa shape index (κ3) is 5.47. The van der Waals surface area contributed by atoms with Crippen LogP contribution in [0, 0.1) is 5.82 Å². The van der Waals surface area contributed by atoms with E-state index in [1.54, 1.807) is 19.9 Å². The molecule has 1 aliphatic heterocycles. The molecule has 1 saturated heterocycles. The lowest BCUT2D eigenvalue weighted by Gasteiger charge is -2.31. The molecular weight excluding hydrogens is 495 g/mol. The zero-order valence-corrected chi connectivity index (χ0v) is 21.2. The van der Waals surface area contributed by atoms with Crippen LogP contribution in [0.4, 0.5) is 4.39 Å². The molecule has 35 heavy (non-hydrogen) atoms. The molecule has 0 atom stereocenters. The van der Waals surface area contributed by atoms with Gasteiger partial charge in [-0.3, -0.25) is 4.79 Å². The van der Waals surface area contributed by atoms with E-state index in [0.717, 1.165) is 22.5 Å². The van der Waals surface area contributed by atoms with Gasteiger partial charge in [0.05, 0.1) is 17.4 Å². The molecule has 0 spiro atoms. The summed E-state index contributed by atoms with van der Waals surface area (Å²) in [5, 5.41) is 10.6. The van der Waals surface area contributed by atoms with Crippen molar-refractivity contribution in [1.82, 2.24) is 8.87 Å². The second-order valence-electron chi connectivity index (χ2n) is 9.02. The summed E-state index contributed by atoms with van der Waals surface area (Å²) < 4.78 is 49.4. The van der Waals surface area contributed by atoms with Crippen LogP contribution >= 0.6 is 11.6 Å². The molecule has 1 fully saturated rings. The van der Waals surface area contributed by atoms with Crippen LogP contribution in [-0.2, 0) is 21.4 Å². The van der Waals surface area contributed by atoms with E-state index in [1.807, 2.05) is 22.9 Å². The molecular formula is C25H28ClFN2O5S. The van der Waals surface area contributed by atoms with E-state index < -0.39 is 21.8 Å². The minimum absolute atomic E-state index is 0.0000917. The molecule has 4 rings (SSSR count). The number of aromatic nitrogens is 1. The molecule has 1 aromatic heterocycles. The Balaban J connectivity index is 1.53. The Morgan fingerprint density at radius 2 is 1.91 bits per heavy atom. The van der Waals surface area contributed by atoms with Gasteiger partial charge in [-0.2, -0.15) is 4.31 Å². The van der Waals surface area contributed by atoms with Crippen LogP contribution in [-0.4, -0.2) is 47.6 Å². The average molecular weight is 523 g/mol. The van der Waals surface area contributed by atoms with Gasteiger partial charge in [-0.25, -0.2) is 12.8 Å². The number of carboxylic acids is 1. The van der Waals surface area contributed by atoms with Crippen LogP contribution in [0.2, 0.25) is 5.02 Å². The van der Waals surface area contributed by atoms with Crippen molar-refractivity contribution >= 4 is 38.5 Å². The molecule has 0 saturated carbocycles. The molecule has 0 radical (unpaired) electrons. The van der Waals surface area contributed by atoms with Gasteiger partial charge in [-0.15, -0.1) is 0 Å². The number of hydrogen-bond donors (Lipinski definition) is 1. The highest BCUT2D eigenvalue weighted by molar-refractivity contribution is 7.89. The first kappa shape index (κ1) is 25.5. The lowest BCUT2D eigenvalue weighted by molar-refractivity contribution is -0.137. The van der Waals surface area contributed by atoms with Gasteiger partial charge < -0.3 is 14.4 Å². The molecule has 3 aromatic rings. The summed E-state index contributed by atoms with van der Waals surface area (Å²) in [6, 6.07) is 9.26. The lowest BCUT2D eigenvalue weighted by atomic mass is 9.90. The lowest BCUT2D eigenvalue weighted by Crippen LogP contribution is -2.37. The van der Waals surface area contributed by atoms with E-state index in [-0.39, 0.29) is 29.1 Å². The predicted molar refractivity (Wildman–Crippen MR) is 132 cm³/mol. The Hall–Kier alpha value is -2.62. The van der Waals surface area contributed by atoms with Gasteiger partial charge in [0.2, 0.25) is 10.0 Å². The number of sulfonamides is 1. The zero-order chi connectivity index (χ0) is 25.3. The third-order valence-electron chi connectivity index (χ3n) is 6.24. The molecule has 0 unspecified atom stereocenters. The van der Waals surface area contributed by atoms with Crippen LogP contribution in [0.1, 0.15) is 44.6 Å². The maximum absolute atomic E-state index is 14.4. The minimum Gasteiger partial charge on any atom is -0.488 e. The van der Waals surface area contributed by atoms with Crippen molar-refractivity contribution in [2.24, 2.45) is 0 Å². The maximum atomic E-state index is 14.4. The number of benzene rings is 2. The van der Waals surface area contributed by atoms with Crippen LogP contribution in [0.5, 0.6) is 5.75 Å². The van der Waals surface area contributed by atoms with Gasteiger partial charge in [0.1, 0.15) is 0 Å². The van der Waals surface area contributed by atoms with Crippen LogP contribution in [0.15, 0.2) is 47.5 Å². The number of carboxylic acid groups (broad SMARTS) is 1. The summed E-state index contributed by atoms with van der Waals surface area (Å²) in [4.78, 5) is 11.0. The van der Waals surface area contributed by atoms with E-state index in [2.05, 4.69) is 0 Å². The van der Waals surface area contributed by atoms with E-state index in [9.17, 15) is 17.6 Å². The highest BCUT2D eigenvalue weighted by Gasteiger charge is 2.32. The highest BCUT2D eigenvalue weighted by atomic mass is 35.5. The van der Waals surface area contributed by atoms with Crippen LogP contribution in [0.3, 0.4) is 0 Å². The van der Waals surface area contributed by atoms with Gasteiger partial charge in [0.15, 0.2) is 11.6 Å². The van der Waals surface area contributed by atoms with E-state index >= 15 is 0 Å². The fourth-order valence-electron chi connectivity index (χ4n) is 4.57. The molecule has 0 aliphatic carbocycles. The molecule has 2 aromatic carbocycles. The number of ether oxygens (including phenoxy) is 1. The summed E-state index contributed by atoms with van der Waals surface area (Å²) in [5.74, 6) is -1.47. The molecule has 2 heterocycles. The van der Waals surface area contributed by atoms with E-state index in [0.29, 0.717) is 37.5 Å². The number of hydrogen-bond acceptors (Lipinski definition) is 4. The van der Waals surface area contributed by atoms with Crippen molar-refractivity contribution in [3.63, 3.8) is 0 Å². The van der Waals surface area contributed by atoms with Crippen molar-refractivity contribution in [1.29, 1.82) is 0 Å². The summed E-state index contributed by atoms with van der Waals surface area (Å²) in [5.41, 5.74) is 1.94. The SMILES string of the molecule is CC(C)Oc1ccc(S(=O)(=O)N2CCC(c3cn(CCC(=O)O)c4ccc(Cl)cc34)CC2)cc1F. The average Bonchev–Trinajstić information content (AvgIpc) is 3.16. The van der Waals surface area contributed by atoms with Gasteiger partial charge in [-0.05, 0) is 74.6 Å². The number of aliphatic carboxylic acids is 1. The fourth-order valence-corrected chi connectivity index (χ4v) is 6.23. The summed E-state index contributed by atoms with van der Waals surface area (Å²) in [6.07, 6.45) is 2.90. The number of rotatable bonds is 8. The number of halogens is 2. The fraction of sp³-hybridized carbons (Fsp3) is 0.400. The van der Waals surface area contributed by atoms with Crippen molar-refractivity contribution in [2.75, 3.05) is 13.1 Å². The third-order valence-corrected chi connectivity index (χ3v) is 8.37. The van der Waals surface area contributed by atoms with Crippen molar-refractivity contribution in [3.8, 4) is 5.75 Å². The van der Waals surface area contributed by atoms with Crippen molar-refractivity contribution < 1.29 is 27.4 Å². The molecule has 10 heteroatoms. The number of nitrogens with zero attached hydrogens (tertiary/aromatic N) is 2. The molecule has 0 bridgehead atoms. The number of aryl methyl sites for hydroxylation is 1. The van der Waals surface area contributed by atoms with E-state index in [1.165, 1.54) is 16.4 Å². The van der Waals surface area contributed by atoms with Gasteiger partial charge in [-0.1, -0.05) is 11.6 Å². The standard InChI is InChI=1S/C25H28ClFN2O5S/c1-16(2)34-24-6-4-19(14-22(24)27)35(32,33)29-11-7-17(8-12-29)21-15-28(10-9-25(30)31)23-5-3-18(26)13-20(21)23/h3-6,13-17H,7-12H2,1-2H3,(H,30,31). The monoisotopic (exact) mass is 522 g/mol. The Bertz CT molecular complexity index is 1350. The summed E-state index contributed by atoms with van der Waals surface area (Å²) in [7, 11) is -3.85. The van der Waals surface area contributed by atoms with Gasteiger partial charge in [0.25, 0.3) is 0 Å². The zero-order valence-electron chi connectivity index (χ0n) is 19.6. The van der Waals surface area contributed by atoms with Crippen molar-refractivity contribution in [3.05, 3.63) is 59.0 Å². The topological polar surface area (TPSA) is 88.8 Å². The summed E-state index contributed by atoms with van der Waals surface area (Å²) in [6.45, 7) is 4.46. The Morgan fingerprint density at radius 3 is 2.54 bits per heavy atom. The second kappa shape index (κ2) is 10.2. The van der Waals surface area contributed by atoms with Crippen LogP contribution < -0.4 is 4.74 Å². The normalized spacial score (nSPS) is 15.7. The number of piperidine rings is 1. The second-order valence-corrected chi connectivity index (χ2v) is 11.4. The molecule has 1 N–H and O–H groups in total. The van der Waals surface area contributed by atoms with Gasteiger partial charge in [0, 0.05) is 41.8 Å². The molecule has 0 amide bonds. The smallest absolute Gasteiger partial charge is 0.305 e.